The van der Waals surface area contributed by atoms with Crippen LogP contribution in [0.4, 0.5) is 10.5 Å². The first-order chi connectivity index (χ1) is 16.8. The lowest BCUT2D eigenvalue weighted by Gasteiger charge is -2.58. The van der Waals surface area contributed by atoms with Gasteiger partial charge in [0.1, 0.15) is 5.60 Å². The van der Waals surface area contributed by atoms with Gasteiger partial charge in [-0.25, -0.2) is 4.79 Å². The van der Waals surface area contributed by atoms with Crippen molar-refractivity contribution in [1.29, 1.82) is 0 Å². The van der Waals surface area contributed by atoms with Crippen LogP contribution in [0.2, 0.25) is 0 Å². The van der Waals surface area contributed by atoms with E-state index in [0.29, 0.717) is 25.9 Å². The predicted octanol–water partition coefficient (Wildman–Crippen LogP) is 5.85. The molecule has 1 spiro atoms. The summed E-state index contributed by atoms with van der Waals surface area (Å²) in [4.78, 5) is 34.6. The van der Waals surface area contributed by atoms with E-state index in [2.05, 4.69) is 29.2 Å². The molecule has 35 heavy (non-hydrogen) atoms. The van der Waals surface area contributed by atoms with Crippen molar-refractivity contribution in [3.05, 3.63) is 84.7 Å². The van der Waals surface area contributed by atoms with E-state index in [9.17, 15) is 9.59 Å². The number of ether oxygens (including phenoxy) is 1. The second-order valence-electron chi connectivity index (χ2n) is 10.4. The molecule has 5 rings (SSSR count). The molecule has 1 aromatic heterocycles. The molecule has 180 valence electrons. The summed E-state index contributed by atoms with van der Waals surface area (Å²) in [5, 5.41) is 0. The minimum Gasteiger partial charge on any atom is -0.444 e. The van der Waals surface area contributed by atoms with Crippen molar-refractivity contribution in [2.24, 2.45) is 5.41 Å². The molecule has 0 N–H and O–H groups in total. The van der Waals surface area contributed by atoms with Gasteiger partial charge in [-0.15, -0.1) is 0 Å². The Morgan fingerprint density at radius 2 is 1.54 bits per heavy atom. The van der Waals surface area contributed by atoms with Crippen LogP contribution in [-0.4, -0.2) is 40.6 Å². The molecule has 0 saturated carbocycles. The zero-order valence-corrected chi connectivity index (χ0v) is 20.5. The Morgan fingerprint density at radius 1 is 0.914 bits per heavy atom. The fourth-order valence-corrected chi connectivity index (χ4v) is 5.22. The lowest BCUT2D eigenvalue weighted by Crippen LogP contribution is -2.67. The Morgan fingerprint density at radius 3 is 2.14 bits per heavy atom. The van der Waals surface area contributed by atoms with Crippen LogP contribution in [0.25, 0.3) is 11.1 Å². The number of benzene rings is 2. The number of hydrogen-bond donors (Lipinski definition) is 0. The lowest BCUT2D eigenvalue weighted by atomic mass is 9.63. The van der Waals surface area contributed by atoms with E-state index in [-0.39, 0.29) is 18.0 Å². The number of rotatable bonds is 3. The second-order valence-corrected chi connectivity index (χ2v) is 10.4. The highest BCUT2D eigenvalue weighted by Gasteiger charge is 2.62. The average molecular weight is 470 g/mol. The van der Waals surface area contributed by atoms with Gasteiger partial charge >= 0.3 is 6.09 Å². The number of hydrogen-bond acceptors (Lipinski definition) is 4. The standard InChI is InChI=1S/C29H31N3O3/c1-28(2,3)35-27(34)31-19-16-29(17-20-31)25(24-11-7-8-18-30-24)32(26(29)33)23-14-12-22(13-15-23)21-9-5-4-6-10-21/h4-15,18,25H,16-17,19-20H2,1-3H3. The van der Waals surface area contributed by atoms with Crippen LogP contribution in [0.1, 0.15) is 45.3 Å². The van der Waals surface area contributed by atoms with Gasteiger partial charge in [-0.3, -0.25) is 9.78 Å². The summed E-state index contributed by atoms with van der Waals surface area (Å²) in [5.41, 5.74) is 2.89. The highest BCUT2D eigenvalue weighted by molar-refractivity contribution is 6.06. The smallest absolute Gasteiger partial charge is 0.410 e. The minimum atomic E-state index is -0.565. The summed E-state index contributed by atoms with van der Waals surface area (Å²) in [6, 6.07) is 24.0. The van der Waals surface area contributed by atoms with Crippen LogP contribution in [0.15, 0.2) is 79.0 Å². The second kappa shape index (κ2) is 8.84. The first-order valence-electron chi connectivity index (χ1n) is 12.2. The normalized spacial score (nSPS) is 19.4. The van der Waals surface area contributed by atoms with Crippen LogP contribution >= 0.6 is 0 Å². The Kier molecular flexibility index (Phi) is 5.83. The van der Waals surface area contributed by atoms with Crippen LogP contribution in [0.5, 0.6) is 0 Å². The highest BCUT2D eigenvalue weighted by atomic mass is 16.6. The van der Waals surface area contributed by atoms with Crippen molar-refractivity contribution in [2.45, 2.75) is 45.3 Å². The number of piperidine rings is 1. The van der Waals surface area contributed by atoms with Crippen LogP contribution in [-0.2, 0) is 9.53 Å². The monoisotopic (exact) mass is 469 g/mol. The molecule has 6 nitrogen and oxygen atoms in total. The number of β-lactam (4-membered cyclic amide) rings is 1. The molecule has 0 bridgehead atoms. The molecule has 2 saturated heterocycles. The summed E-state index contributed by atoms with van der Waals surface area (Å²) in [7, 11) is 0. The van der Waals surface area contributed by atoms with Gasteiger partial charge in [0.2, 0.25) is 5.91 Å². The molecule has 2 aliphatic rings. The zero-order chi connectivity index (χ0) is 24.6. The Balaban J connectivity index is 1.40. The van der Waals surface area contributed by atoms with Crippen molar-refractivity contribution >= 4 is 17.7 Å². The molecule has 2 aromatic carbocycles. The number of pyridine rings is 1. The lowest BCUT2D eigenvalue weighted by molar-refractivity contribution is -0.145. The SMILES string of the molecule is CC(C)(C)OC(=O)N1CCC2(CC1)C(=O)N(c1ccc(-c3ccccc3)cc1)C2c1ccccn1. The van der Waals surface area contributed by atoms with Crippen LogP contribution in [0.3, 0.4) is 0 Å². The van der Waals surface area contributed by atoms with Crippen molar-refractivity contribution < 1.29 is 14.3 Å². The van der Waals surface area contributed by atoms with Gasteiger partial charge in [0.15, 0.2) is 0 Å². The average Bonchev–Trinajstić information content (AvgIpc) is 2.87. The van der Waals surface area contributed by atoms with E-state index < -0.39 is 11.0 Å². The van der Waals surface area contributed by atoms with Gasteiger partial charge in [0.25, 0.3) is 0 Å². The van der Waals surface area contributed by atoms with Gasteiger partial charge in [0.05, 0.1) is 17.2 Å². The van der Waals surface area contributed by atoms with Crippen molar-refractivity contribution in [1.82, 2.24) is 9.88 Å². The molecular weight excluding hydrogens is 438 g/mol. The molecular formula is C29H31N3O3. The number of aromatic nitrogens is 1. The van der Waals surface area contributed by atoms with Crippen molar-refractivity contribution in [3.63, 3.8) is 0 Å². The number of carbonyl (C=O) groups excluding carboxylic acids is 2. The van der Waals surface area contributed by atoms with E-state index in [1.54, 1.807) is 11.1 Å². The zero-order valence-electron chi connectivity index (χ0n) is 20.5. The quantitative estimate of drug-likeness (QED) is 0.451. The first-order valence-corrected chi connectivity index (χ1v) is 12.2. The molecule has 3 heterocycles. The number of likely N-dealkylation sites (tertiary alicyclic amines) is 1. The molecule has 2 fully saturated rings. The van der Waals surface area contributed by atoms with E-state index >= 15 is 0 Å². The largest absolute Gasteiger partial charge is 0.444 e. The van der Waals surface area contributed by atoms with E-state index in [4.69, 9.17) is 4.74 Å². The fraction of sp³-hybridized carbons (Fsp3) is 0.345. The maximum Gasteiger partial charge on any atom is 0.410 e. The molecule has 0 aliphatic carbocycles. The molecule has 0 radical (unpaired) electrons. The van der Waals surface area contributed by atoms with E-state index in [1.807, 2.05) is 74.2 Å². The molecule has 3 aromatic rings. The molecule has 1 unspecified atom stereocenters. The number of nitrogens with zero attached hydrogens (tertiary/aromatic N) is 3. The third-order valence-corrected chi connectivity index (χ3v) is 6.95. The molecule has 1 atom stereocenters. The maximum atomic E-state index is 13.7. The van der Waals surface area contributed by atoms with Crippen LogP contribution in [0, 0.1) is 5.41 Å². The Bertz CT molecular complexity index is 1200. The predicted molar refractivity (Wildman–Crippen MR) is 136 cm³/mol. The summed E-state index contributed by atoms with van der Waals surface area (Å²) in [5.74, 6) is 0.101. The minimum absolute atomic E-state index is 0.101. The number of carbonyl (C=O) groups is 2. The molecule has 2 aliphatic heterocycles. The third kappa shape index (κ3) is 4.29. The van der Waals surface area contributed by atoms with E-state index in [0.717, 1.165) is 22.5 Å². The van der Waals surface area contributed by atoms with Crippen LogP contribution < -0.4 is 4.90 Å². The van der Waals surface area contributed by atoms with Crippen molar-refractivity contribution in [2.75, 3.05) is 18.0 Å². The number of anilines is 1. The fourth-order valence-electron chi connectivity index (χ4n) is 5.22. The Hall–Kier alpha value is -3.67. The third-order valence-electron chi connectivity index (χ3n) is 6.95. The maximum absolute atomic E-state index is 13.7. The Labute approximate surface area is 206 Å². The topological polar surface area (TPSA) is 62.7 Å². The molecule has 2 amide bonds. The number of amides is 2. The van der Waals surface area contributed by atoms with Gasteiger partial charge in [-0.2, -0.15) is 0 Å². The van der Waals surface area contributed by atoms with Gasteiger partial charge < -0.3 is 14.5 Å². The van der Waals surface area contributed by atoms with E-state index in [1.165, 1.54) is 0 Å². The van der Waals surface area contributed by atoms with Gasteiger partial charge in [-0.1, -0.05) is 48.5 Å². The molecule has 6 heteroatoms. The van der Waals surface area contributed by atoms with Crippen molar-refractivity contribution in [3.8, 4) is 11.1 Å². The summed E-state index contributed by atoms with van der Waals surface area (Å²) in [6.45, 7) is 6.58. The van der Waals surface area contributed by atoms with Gasteiger partial charge in [-0.05, 0) is 69.0 Å². The first kappa shape index (κ1) is 23.1. The van der Waals surface area contributed by atoms with Gasteiger partial charge in [0, 0.05) is 25.0 Å². The summed E-state index contributed by atoms with van der Waals surface area (Å²) < 4.78 is 5.55. The highest BCUT2D eigenvalue weighted by Crippen LogP contribution is 2.57. The summed E-state index contributed by atoms with van der Waals surface area (Å²) in [6.07, 6.45) is 2.63. The summed E-state index contributed by atoms with van der Waals surface area (Å²) >= 11 is 0.